The van der Waals surface area contributed by atoms with Crippen LogP contribution in [0.15, 0.2) is 17.4 Å². The molecule has 6 nitrogen and oxygen atoms in total. The number of amides is 2. The number of primary amides is 1. The molecule has 3 rings (SSSR count). The summed E-state index contributed by atoms with van der Waals surface area (Å²) in [6, 6.07) is 1.86. The topological polar surface area (TPSA) is 98.0 Å². The number of anilines is 1. The summed E-state index contributed by atoms with van der Waals surface area (Å²) in [6.45, 7) is 3.85. The molecule has 0 radical (unpaired) electrons. The van der Waals surface area contributed by atoms with Gasteiger partial charge in [0.2, 0.25) is 5.91 Å². The minimum absolute atomic E-state index is 0.130. The average molecular weight is 391 g/mol. The highest BCUT2D eigenvalue weighted by atomic mass is 32.2. The summed E-state index contributed by atoms with van der Waals surface area (Å²) < 4.78 is 0. The van der Waals surface area contributed by atoms with E-state index in [2.05, 4.69) is 15.3 Å². The lowest BCUT2D eigenvalue weighted by molar-refractivity contribution is -0.115. The summed E-state index contributed by atoms with van der Waals surface area (Å²) in [5.74, 6) is -0.596. The summed E-state index contributed by atoms with van der Waals surface area (Å²) in [7, 11) is 0. The summed E-state index contributed by atoms with van der Waals surface area (Å²) in [5, 5.41) is 4.00. The fourth-order valence-electron chi connectivity index (χ4n) is 3.07. The molecule has 26 heavy (non-hydrogen) atoms. The number of carbonyl (C=O) groups is 2. The van der Waals surface area contributed by atoms with Gasteiger partial charge in [0.05, 0.1) is 10.8 Å². The van der Waals surface area contributed by atoms with Gasteiger partial charge in [-0.05, 0) is 50.7 Å². The Labute approximate surface area is 161 Å². The molecule has 1 aliphatic carbocycles. The first kappa shape index (κ1) is 18.8. The van der Waals surface area contributed by atoms with Crippen LogP contribution in [0.4, 0.5) is 5.00 Å². The average Bonchev–Trinajstić information content (AvgIpc) is 2.97. The number of nitrogens with two attached hydrogens (primary N) is 1. The Balaban J connectivity index is 1.80. The lowest BCUT2D eigenvalue weighted by Gasteiger charge is -2.14. The van der Waals surface area contributed by atoms with Gasteiger partial charge in [-0.1, -0.05) is 18.7 Å². The molecular formula is C18H22N4O2S2. The van der Waals surface area contributed by atoms with Gasteiger partial charge < -0.3 is 11.1 Å². The van der Waals surface area contributed by atoms with Crippen molar-refractivity contribution in [3.63, 3.8) is 0 Å². The number of carbonyl (C=O) groups excluding carboxylic acids is 2. The minimum atomic E-state index is -0.466. The van der Waals surface area contributed by atoms with Crippen molar-refractivity contribution in [3.05, 3.63) is 34.1 Å². The van der Waals surface area contributed by atoms with Crippen LogP contribution in [0.2, 0.25) is 0 Å². The number of hydrogen-bond donors (Lipinski definition) is 2. The number of nitrogens with zero attached hydrogens (tertiary/aromatic N) is 2. The minimum Gasteiger partial charge on any atom is -0.365 e. The van der Waals surface area contributed by atoms with E-state index in [9.17, 15) is 9.59 Å². The number of fused-ring (bicyclic) bond motifs is 1. The summed E-state index contributed by atoms with van der Waals surface area (Å²) in [5.41, 5.74) is 7.98. The normalized spacial score (nSPS) is 14.5. The number of thiophene rings is 1. The molecule has 0 fully saturated rings. The van der Waals surface area contributed by atoms with Crippen molar-refractivity contribution in [1.82, 2.24) is 9.97 Å². The van der Waals surface area contributed by atoms with E-state index >= 15 is 0 Å². The Hall–Kier alpha value is -1.93. The SMILES string of the molecule is CCC(Sc1cc(C)ncn1)C(=O)Nc1sc2c(c1C(N)=O)CCCC2. The van der Waals surface area contributed by atoms with Crippen molar-refractivity contribution in [2.45, 2.75) is 56.2 Å². The summed E-state index contributed by atoms with van der Waals surface area (Å²) >= 11 is 2.89. The van der Waals surface area contributed by atoms with E-state index < -0.39 is 5.91 Å². The number of hydrogen-bond acceptors (Lipinski definition) is 6. The maximum absolute atomic E-state index is 12.8. The Morgan fingerprint density at radius 2 is 2.12 bits per heavy atom. The zero-order valence-electron chi connectivity index (χ0n) is 14.9. The molecule has 8 heteroatoms. The first-order valence-corrected chi connectivity index (χ1v) is 10.4. The Bertz CT molecular complexity index is 835. The molecule has 0 aliphatic heterocycles. The second-order valence-corrected chi connectivity index (χ2v) is 8.61. The van der Waals surface area contributed by atoms with Crippen LogP contribution >= 0.6 is 23.1 Å². The zero-order valence-corrected chi connectivity index (χ0v) is 16.5. The number of aromatic nitrogens is 2. The van der Waals surface area contributed by atoms with Crippen LogP contribution < -0.4 is 11.1 Å². The van der Waals surface area contributed by atoms with Crippen molar-refractivity contribution in [2.24, 2.45) is 5.73 Å². The molecule has 2 amide bonds. The maximum atomic E-state index is 12.8. The molecule has 0 aromatic carbocycles. The van der Waals surface area contributed by atoms with E-state index in [0.717, 1.165) is 42.0 Å². The van der Waals surface area contributed by atoms with Crippen LogP contribution in [0.3, 0.4) is 0 Å². The maximum Gasteiger partial charge on any atom is 0.251 e. The molecule has 2 heterocycles. The van der Waals surface area contributed by atoms with Gasteiger partial charge in [-0.25, -0.2) is 9.97 Å². The van der Waals surface area contributed by atoms with Crippen LogP contribution in [-0.4, -0.2) is 27.0 Å². The van der Waals surface area contributed by atoms with Gasteiger partial charge in [0.25, 0.3) is 5.91 Å². The van der Waals surface area contributed by atoms with Crippen molar-refractivity contribution in [1.29, 1.82) is 0 Å². The number of nitrogens with one attached hydrogen (secondary N) is 1. The Morgan fingerprint density at radius 1 is 1.35 bits per heavy atom. The van der Waals surface area contributed by atoms with Gasteiger partial charge in [0.1, 0.15) is 16.4 Å². The van der Waals surface area contributed by atoms with Gasteiger partial charge in [0, 0.05) is 10.6 Å². The van der Waals surface area contributed by atoms with Gasteiger partial charge in [-0.15, -0.1) is 11.3 Å². The molecule has 2 aromatic heterocycles. The molecule has 138 valence electrons. The van der Waals surface area contributed by atoms with Gasteiger partial charge in [0.15, 0.2) is 0 Å². The van der Waals surface area contributed by atoms with Gasteiger partial charge in [-0.3, -0.25) is 9.59 Å². The molecule has 1 aliphatic rings. The van der Waals surface area contributed by atoms with Crippen molar-refractivity contribution in [3.8, 4) is 0 Å². The van der Waals surface area contributed by atoms with Crippen LogP contribution in [0.25, 0.3) is 0 Å². The molecule has 0 bridgehead atoms. The van der Waals surface area contributed by atoms with E-state index in [4.69, 9.17) is 5.73 Å². The third-order valence-electron chi connectivity index (χ3n) is 4.36. The third-order valence-corrected chi connectivity index (χ3v) is 6.86. The largest absolute Gasteiger partial charge is 0.365 e. The van der Waals surface area contributed by atoms with E-state index in [1.807, 2.05) is 19.9 Å². The monoisotopic (exact) mass is 390 g/mol. The second kappa shape index (κ2) is 8.18. The molecule has 3 N–H and O–H groups in total. The lowest BCUT2D eigenvalue weighted by Crippen LogP contribution is -2.26. The van der Waals surface area contributed by atoms with E-state index in [0.29, 0.717) is 17.0 Å². The van der Waals surface area contributed by atoms with Crippen LogP contribution in [0.5, 0.6) is 0 Å². The third kappa shape index (κ3) is 4.07. The highest BCUT2D eigenvalue weighted by molar-refractivity contribution is 8.00. The number of thioether (sulfide) groups is 1. The van der Waals surface area contributed by atoms with Gasteiger partial charge in [-0.2, -0.15) is 0 Å². The summed E-state index contributed by atoms with van der Waals surface area (Å²) in [4.78, 5) is 34.2. The smallest absolute Gasteiger partial charge is 0.251 e. The fraction of sp³-hybridized carbons (Fsp3) is 0.444. The molecule has 0 saturated carbocycles. The highest BCUT2D eigenvalue weighted by Crippen LogP contribution is 2.38. The molecule has 2 aromatic rings. The molecule has 1 atom stereocenters. The zero-order chi connectivity index (χ0) is 18.7. The molecular weight excluding hydrogens is 368 g/mol. The van der Waals surface area contributed by atoms with Gasteiger partial charge >= 0.3 is 0 Å². The van der Waals surface area contributed by atoms with E-state index in [1.54, 1.807) is 0 Å². The molecule has 0 spiro atoms. The van der Waals surface area contributed by atoms with Crippen LogP contribution in [0, 0.1) is 6.92 Å². The molecule has 0 saturated heterocycles. The number of rotatable bonds is 6. The fourth-order valence-corrected chi connectivity index (χ4v) is 5.34. The molecule has 1 unspecified atom stereocenters. The van der Waals surface area contributed by atoms with E-state index in [1.165, 1.54) is 34.3 Å². The standard InChI is InChI=1S/C18H22N4O2S2/c1-3-12(25-14-8-10(2)20-9-21-14)17(24)22-18-15(16(19)23)11-6-4-5-7-13(11)26-18/h8-9,12H,3-7H2,1-2H3,(H2,19,23)(H,22,24). The first-order valence-electron chi connectivity index (χ1n) is 8.70. The van der Waals surface area contributed by atoms with Crippen LogP contribution in [-0.2, 0) is 17.6 Å². The highest BCUT2D eigenvalue weighted by Gasteiger charge is 2.27. The van der Waals surface area contributed by atoms with E-state index in [-0.39, 0.29) is 11.2 Å². The quantitative estimate of drug-likeness (QED) is 0.582. The lowest BCUT2D eigenvalue weighted by atomic mass is 9.95. The predicted molar refractivity (Wildman–Crippen MR) is 105 cm³/mol. The Kier molecular flexibility index (Phi) is 5.93. The van der Waals surface area contributed by atoms with Crippen molar-refractivity contribution < 1.29 is 9.59 Å². The van der Waals surface area contributed by atoms with Crippen molar-refractivity contribution >= 4 is 39.9 Å². The predicted octanol–water partition coefficient (Wildman–Crippen LogP) is 3.33. The summed E-state index contributed by atoms with van der Waals surface area (Å²) in [6.07, 6.45) is 6.11. The first-order chi connectivity index (χ1) is 12.5. The number of aryl methyl sites for hydroxylation is 2. The second-order valence-electron chi connectivity index (χ2n) is 6.28. The Morgan fingerprint density at radius 3 is 2.81 bits per heavy atom. The van der Waals surface area contributed by atoms with Crippen molar-refractivity contribution in [2.75, 3.05) is 5.32 Å². The van der Waals surface area contributed by atoms with Crippen LogP contribution in [0.1, 0.15) is 52.7 Å².